The molecule has 1 saturated heterocycles. The third-order valence-corrected chi connectivity index (χ3v) is 7.31. The van der Waals surface area contributed by atoms with Gasteiger partial charge in [0, 0.05) is 72.0 Å². The number of amidine groups is 1. The lowest BCUT2D eigenvalue weighted by Crippen LogP contribution is -2.30. The Hall–Kier alpha value is -5.31. The summed E-state index contributed by atoms with van der Waals surface area (Å²) in [5.41, 5.74) is 2.88. The van der Waals surface area contributed by atoms with Crippen LogP contribution < -0.4 is 10.6 Å². The van der Waals surface area contributed by atoms with Crippen molar-refractivity contribution in [2.24, 2.45) is 10.1 Å². The summed E-state index contributed by atoms with van der Waals surface area (Å²) in [5, 5.41) is 38.8. The van der Waals surface area contributed by atoms with E-state index in [-0.39, 0.29) is 5.96 Å². The largest absolute Gasteiger partial charge is 0.370 e. The normalized spacial score (nSPS) is 13.2. The second kappa shape index (κ2) is 21.6. The predicted molar refractivity (Wildman–Crippen MR) is 191 cm³/mol. The van der Waals surface area contributed by atoms with Gasteiger partial charge in [0.2, 0.25) is 6.19 Å². The maximum Gasteiger partial charge on any atom is 0.274 e. The second-order valence-electron chi connectivity index (χ2n) is 10.2. The van der Waals surface area contributed by atoms with Gasteiger partial charge < -0.3 is 25.3 Å². The molecule has 0 spiro atoms. The van der Waals surface area contributed by atoms with Crippen LogP contribution in [-0.2, 0) is 19.6 Å². The van der Waals surface area contributed by atoms with Gasteiger partial charge in [-0.3, -0.25) is 10.1 Å². The minimum atomic E-state index is -0.708. The van der Waals surface area contributed by atoms with E-state index in [0.29, 0.717) is 66.4 Å². The zero-order valence-corrected chi connectivity index (χ0v) is 30.0. The van der Waals surface area contributed by atoms with Gasteiger partial charge in [-0.2, -0.15) is 10.3 Å². The molecule has 0 atom stereocenters. The Kier molecular flexibility index (Phi) is 17.7. The highest BCUT2D eigenvalue weighted by molar-refractivity contribution is 6.29. The second-order valence-corrected chi connectivity index (χ2v) is 11.3. The minimum absolute atomic E-state index is 0.282. The highest BCUT2D eigenvalue weighted by atomic mass is 35.5. The molecule has 1 fully saturated rings. The van der Waals surface area contributed by atoms with Gasteiger partial charge in [-0.25, -0.2) is 25.1 Å². The summed E-state index contributed by atoms with van der Waals surface area (Å²) in [4.78, 5) is 41.4. The number of nitriles is 1. The quantitative estimate of drug-likeness (QED) is 0.0687. The van der Waals surface area contributed by atoms with Crippen molar-refractivity contribution in [3.63, 3.8) is 0 Å². The molecule has 17 nitrogen and oxygen atoms in total. The van der Waals surface area contributed by atoms with Crippen LogP contribution in [0.15, 0.2) is 77.1 Å². The minimum Gasteiger partial charge on any atom is -0.370 e. The van der Waals surface area contributed by atoms with Gasteiger partial charge in [0.1, 0.15) is 26.4 Å². The molecule has 0 saturated carbocycles. The number of pyridine rings is 3. The molecule has 0 aromatic carbocycles. The van der Waals surface area contributed by atoms with E-state index in [9.17, 15) is 20.2 Å². The highest BCUT2D eigenvalue weighted by Gasteiger charge is 2.21. The maximum atomic E-state index is 10.5. The Morgan fingerprint density at radius 2 is 1.56 bits per heavy atom. The predicted octanol–water partition coefficient (Wildman–Crippen LogP) is 4.61. The molecule has 1 aliphatic heterocycles. The summed E-state index contributed by atoms with van der Waals surface area (Å²) in [6, 6.07) is 10.7. The standard InChI is InChI=1S/C11H15ClN4O2.C10H11ClN4.C9H10ClN5O2/c1-3-15(11(13-2)8-16(17)18)7-9-4-5-10(12)14-6-9;1-8(14-7-12)15(2)6-9-3-4-10(11)13-5-9;10-8-2-1-7(5-12-8)6-14-4-3-11-9(14)13-15(16)17/h4-6,8,13H,3,7H2,1-2H3;3-5H,6H2,1-2H3;1-2,5H,3-4,6H2,(H,11,13)/b11-8+;14-8+;. The van der Waals surface area contributed by atoms with Crippen molar-refractivity contribution < 1.29 is 9.96 Å². The van der Waals surface area contributed by atoms with Gasteiger partial charge in [-0.05, 0) is 48.7 Å². The summed E-state index contributed by atoms with van der Waals surface area (Å²) in [5.74, 6) is 1.41. The fourth-order valence-corrected chi connectivity index (χ4v) is 4.44. The monoisotopic (exact) mass is 747 g/mol. The fourth-order valence-electron chi connectivity index (χ4n) is 4.11. The third-order valence-electron chi connectivity index (χ3n) is 6.64. The van der Waals surface area contributed by atoms with Gasteiger partial charge in [0.05, 0.1) is 4.92 Å². The molecule has 3 aromatic rings. The number of aliphatic imine (C=N–C) groups is 1. The third kappa shape index (κ3) is 15.3. The summed E-state index contributed by atoms with van der Waals surface area (Å²) < 4.78 is 0. The smallest absolute Gasteiger partial charge is 0.274 e. The first-order valence-corrected chi connectivity index (χ1v) is 15.9. The lowest BCUT2D eigenvalue weighted by atomic mass is 10.2. The molecule has 4 heterocycles. The molecule has 3 aromatic heterocycles. The Morgan fingerprint density at radius 3 is 2.00 bits per heavy atom. The first-order chi connectivity index (χ1) is 23.8. The average Bonchev–Trinajstić information content (AvgIpc) is 3.51. The number of nitro groups is 2. The number of hydrazone groups is 1. The first kappa shape index (κ1) is 40.9. The summed E-state index contributed by atoms with van der Waals surface area (Å²) in [7, 11) is 3.52. The number of nitrogens with zero attached hydrogens (tertiary/aromatic N) is 11. The molecule has 0 aliphatic carbocycles. The molecule has 0 unspecified atom stereocenters. The summed E-state index contributed by atoms with van der Waals surface area (Å²) in [6.07, 6.45) is 7.71. The lowest BCUT2D eigenvalue weighted by molar-refractivity contribution is -0.485. The average molecular weight is 749 g/mol. The van der Waals surface area contributed by atoms with Crippen LogP contribution in [0.25, 0.3) is 0 Å². The lowest BCUT2D eigenvalue weighted by Gasteiger charge is -2.23. The molecule has 0 bridgehead atoms. The van der Waals surface area contributed by atoms with Crippen LogP contribution in [0, 0.1) is 31.7 Å². The molecule has 0 amide bonds. The zero-order valence-electron chi connectivity index (χ0n) is 27.7. The van der Waals surface area contributed by atoms with E-state index in [4.69, 9.17) is 40.1 Å². The number of halogens is 3. The van der Waals surface area contributed by atoms with Gasteiger partial charge in [0.25, 0.3) is 12.2 Å². The number of hydrogen-bond acceptors (Lipinski definition) is 11. The highest BCUT2D eigenvalue weighted by Crippen LogP contribution is 2.12. The van der Waals surface area contributed by atoms with Gasteiger partial charge in [-0.1, -0.05) is 53.0 Å². The molecular weight excluding hydrogens is 713 g/mol. The van der Waals surface area contributed by atoms with Crippen LogP contribution in [0.1, 0.15) is 30.5 Å². The van der Waals surface area contributed by atoms with Crippen LogP contribution in [0.5, 0.6) is 0 Å². The number of aromatic nitrogens is 3. The maximum absolute atomic E-state index is 10.5. The molecule has 266 valence electrons. The van der Waals surface area contributed by atoms with Crippen LogP contribution in [-0.4, -0.2) is 85.1 Å². The van der Waals surface area contributed by atoms with Crippen LogP contribution in [0.4, 0.5) is 0 Å². The van der Waals surface area contributed by atoms with Crippen LogP contribution in [0.3, 0.4) is 0 Å². The van der Waals surface area contributed by atoms with E-state index in [0.717, 1.165) is 22.9 Å². The molecule has 1 aliphatic rings. The summed E-state index contributed by atoms with van der Waals surface area (Å²) >= 11 is 17.0. The Morgan fingerprint density at radius 1 is 1.02 bits per heavy atom. The van der Waals surface area contributed by atoms with Crippen molar-refractivity contribution in [2.75, 3.05) is 33.7 Å². The molecule has 2 N–H and O–H groups in total. The van der Waals surface area contributed by atoms with Crippen molar-refractivity contribution in [3.8, 4) is 6.19 Å². The van der Waals surface area contributed by atoms with Crippen LogP contribution in [0.2, 0.25) is 15.5 Å². The number of hydrogen-bond donors (Lipinski definition) is 2. The van der Waals surface area contributed by atoms with E-state index in [1.165, 1.54) is 0 Å². The molecular formula is C30H36Cl3N13O4. The topological polar surface area (TPSA) is 207 Å². The van der Waals surface area contributed by atoms with E-state index in [1.54, 1.807) is 61.9 Å². The zero-order chi connectivity index (χ0) is 37.1. The molecule has 0 radical (unpaired) electrons. The Labute approximate surface area is 304 Å². The SMILES string of the molecule is C/C(=N\C#N)N(C)Cc1ccc(Cl)nc1.CCN(Cc1ccc(Cl)nc1)/C(=C/[N+](=O)[O-])NC.O=[N+]([O-])/N=C1\NCCN1Cc1ccc(Cl)nc1. The van der Waals surface area contributed by atoms with Crippen molar-refractivity contribution in [1.29, 1.82) is 5.26 Å². The van der Waals surface area contributed by atoms with E-state index in [1.807, 2.05) is 42.0 Å². The number of nitrogens with one attached hydrogen (secondary N) is 2. The fraction of sp³-hybridized carbons (Fsp3) is 0.333. The Balaban J connectivity index is 0.000000261. The first-order valence-electron chi connectivity index (χ1n) is 14.8. The van der Waals surface area contributed by atoms with Crippen molar-refractivity contribution in [2.45, 2.75) is 33.5 Å². The van der Waals surface area contributed by atoms with Gasteiger partial charge in [-0.15, -0.1) is 0 Å². The Bertz CT molecular complexity index is 1670. The van der Waals surface area contributed by atoms with Crippen molar-refractivity contribution in [1.82, 2.24) is 40.3 Å². The van der Waals surface area contributed by atoms with Crippen molar-refractivity contribution >= 4 is 46.6 Å². The summed E-state index contributed by atoms with van der Waals surface area (Å²) in [6.45, 7) is 7.37. The molecule has 20 heteroatoms. The van der Waals surface area contributed by atoms with E-state index >= 15 is 0 Å². The number of rotatable bonds is 11. The van der Waals surface area contributed by atoms with Crippen molar-refractivity contribution in [3.05, 3.63) is 119 Å². The van der Waals surface area contributed by atoms with E-state index in [2.05, 4.69) is 35.7 Å². The van der Waals surface area contributed by atoms with Gasteiger partial charge in [0.15, 0.2) is 10.9 Å². The van der Waals surface area contributed by atoms with Gasteiger partial charge >= 0.3 is 0 Å². The molecule has 50 heavy (non-hydrogen) atoms. The molecule has 4 rings (SSSR count). The van der Waals surface area contributed by atoms with E-state index < -0.39 is 9.96 Å². The van der Waals surface area contributed by atoms with Crippen LogP contribution >= 0.6 is 34.8 Å². The number of guanidine groups is 1.